The molecule has 1 N–H and O–H groups in total. The Labute approximate surface area is 158 Å². The molecule has 1 heterocycles. The van der Waals surface area contributed by atoms with Crippen molar-refractivity contribution in [2.75, 3.05) is 5.75 Å². The minimum absolute atomic E-state index is 0.0180. The molecule has 7 heteroatoms. The molecule has 2 atom stereocenters. The zero-order valence-corrected chi connectivity index (χ0v) is 16.1. The highest BCUT2D eigenvalue weighted by Crippen LogP contribution is 2.24. The largest absolute Gasteiger partial charge is 0.484 e. The number of carbonyl (C=O) groups is 1. The van der Waals surface area contributed by atoms with Crippen LogP contribution in [0.15, 0.2) is 33.9 Å². The fourth-order valence-corrected chi connectivity index (χ4v) is 3.63. The lowest BCUT2D eigenvalue weighted by Gasteiger charge is -2.29. The van der Waals surface area contributed by atoms with Crippen molar-refractivity contribution >= 4 is 17.7 Å². The first kappa shape index (κ1) is 18.8. The number of aromatic nitrogens is 2. The van der Waals surface area contributed by atoms with Gasteiger partial charge in [0.2, 0.25) is 5.91 Å². The molecule has 0 unspecified atom stereocenters. The average Bonchev–Trinajstić information content (AvgIpc) is 3.09. The van der Waals surface area contributed by atoms with Crippen molar-refractivity contribution in [1.82, 2.24) is 15.5 Å². The van der Waals surface area contributed by atoms with E-state index in [2.05, 4.69) is 22.4 Å². The minimum atomic E-state index is 0.0180. The van der Waals surface area contributed by atoms with Gasteiger partial charge in [-0.1, -0.05) is 49.2 Å². The Kier molecular flexibility index (Phi) is 6.55. The van der Waals surface area contributed by atoms with Crippen LogP contribution in [0.3, 0.4) is 0 Å². The summed E-state index contributed by atoms with van der Waals surface area (Å²) in [7, 11) is 0. The maximum Gasteiger partial charge on any atom is 0.277 e. The minimum Gasteiger partial charge on any atom is -0.484 e. The fraction of sp³-hybridized carbons (Fsp3) is 0.526. The van der Waals surface area contributed by atoms with E-state index in [1.807, 2.05) is 31.2 Å². The van der Waals surface area contributed by atoms with Gasteiger partial charge in [0.05, 0.1) is 5.75 Å². The third kappa shape index (κ3) is 5.49. The van der Waals surface area contributed by atoms with Crippen molar-refractivity contribution < 1.29 is 13.9 Å². The van der Waals surface area contributed by atoms with Gasteiger partial charge < -0.3 is 14.5 Å². The molecular formula is C19H25N3O3S. The van der Waals surface area contributed by atoms with Gasteiger partial charge >= 0.3 is 0 Å². The molecule has 1 aromatic heterocycles. The van der Waals surface area contributed by atoms with Crippen LogP contribution in [0.5, 0.6) is 5.75 Å². The molecule has 1 aliphatic carbocycles. The summed E-state index contributed by atoms with van der Waals surface area (Å²) in [6.45, 7) is 4.44. The second kappa shape index (κ2) is 9.07. The predicted molar refractivity (Wildman–Crippen MR) is 100 cm³/mol. The number of ether oxygens (including phenoxy) is 1. The average molecular weight is 375 g/mol. The Hall–Kier alpha value is -2.02. The Morgan fingerprint density at radius 3 is 2.81 bits per heavy atom. The normalized spacial score (nSPS) is 19.9. The summed E-state index contributed by atoms with van der Waals surface area (Å²) in [5, 5.41) is 11.4. The Morgan fingerprint density at radius 2 is 2.04 bits per heavy atom. The van der Waals surface area contributed by atoms with E-state index in [0.29, 0.717) is 17.0 Å². The van der Waals surface area contributed by atoms with Crippen LogP contribution < -0.4 is 10.1 Å². The number of nitrogens with one attached hydrogen (secondary N) is 1. The van der Waals surface area contributed by atoms with Gasteiger partial charge in [-0.2, -0.15) is 0 Å². The summed E-state index contributed by atoms with van der Waals surface area (Å²) in [4.78, 5) is 12.1. The quantitative estimate of drug-likeness (QED) is 0.743. The molecule has 2 aromatic rings. The molecule has 3 rings (SSSR count). The summed E-state index contributed by atoms with van der Waals surface area (Å²) >= 11 is 1.25. The van der Waals surface area contributed by atoms with E-state index in [4.69, 9.17) is 9.15 Å². The molecule has 0 spiro atoms. The van der Waals surface area contributed by atoms with Crippen LogP contribution in [-0.2, 0) is 11.4 Å². The summed E-state index contributed by atoms with van der Waals surface area (Å²) in [6.07, 6.45) is 4.71. The van der Waals surface area contributed by atoms with Crippen LogP contribution in [0.1, 0.15) is 44.1 Å². The number of thioether (sulfide) groups is 1. The maximum absolute atomic E-state index is 12.1. The van der Waals surface area contributed by atoms with Crippen LogP contribution >= 0.6 is 11.8 Å². The van der Waals surface area contributed by atoms with Gasteiger partial charge in [0.15, 0.2) is 6.61 Å². The fourth-order valence-electron chi connectivity index (χ4n) is 3.04. The van der Waals surface area contributed by atoms with E-state index in [1.54, 1.807) is 0 Å². The Morgan fingerprint density at radius 1 is 1.27 bits per heavy atom. The number of nitrogens with zero attached hydrogens (tertiary/aromatic N) is 2. The first-order valence-corrected chi connectivity index (χ1v) is 10.0. The van der Waals surface area contributed by atoms with E-state index in [1.165, 1.54) is 36.6 Å². The third-order valence-corrected chi connectivity index (χ3v) is 5.43. The number of carbonyl (C=O) groups excluding carboxylic acids is 1. The molecule has 26 heavy (non-hydrogen) atoms. The van der Waals surface area contributed by atoms with Crippen molar-refractivity contribution in [2.45, 2.75) is 57.4 Å². The second-order valence-corrected chi connectivity index (χ2v) is 7.71. The van der Waals surface area contributed by atoms with Gasteiger partial charge in [-0.3, -0.25) is 4.79 Å². The molecule has 6 nitrogen and oxygen atoms in total. The van der Waals surface area contributed by atoms with Crippen LogP contribution in [0.4, 0.5) is 0 Å². The van der Waals surface area contributed by atoms with E-state index in [9.17, 15) is 4.79 Å². The lowest BCUT2D eigenvalue weighted by Crippen LogP contribution is -2.41. The second-order valence-electron chi connectivity index (χ2n) is 6.79. The zero-order valence-electron chi connectivity index (χ0n) is 15.2. The number of hydrogen-bond acceptors (Lipinski definition) is 6. The Balaban J connectivity index is 1.41. The van der Waals surface area contributed by atoms with E-state index < -0.39 is 0 Å². The summed E-state index contributed by atoms with van der Waals surface area (Å²) in [5.41, 5.74) is 1.18. The number of hydrogen-bond donors (Lipinski definition) is 1. The highest BCUT2D eigenvalue weighted by atomic mass is 32.2. The van der Waals surface area contributed by atoms with Gasteiger partial charge in [0.1, 0.15) is 5.75 Å². The molecule has 0 aliphatic heterocycles. The molecule has 1 amide bonds. The topological polar surface area (TPSA) is 77.2 Å². The highest BCUT2D eigenvalue weighted by Gasteiger charge is 2.23. The lowest BCUT2D eigenvalue weighted by atomic mass is 9.86. The standard InChI is InChI=1S/C19H25N3O3S/c1-13-7-9-15(10-8-13)24-11-18-21-22-19(25-18)26-12-17(23)20-16-6-4-3-5-14(16)2/h7-10,14,16H,3-6,11-12H2,1-2H3,(H,20,23)/t14-,16+/m1/s1. The van der Waals surface area contributed by atoms with Crippen molar-refractivity contribution in [1.29, 1.82) is 0 Å². The number of rotatable bonds is 7. The van der Waals surface area contributed by atoms with Gasteiger partial charge in [-0.25, -0.2) is 0 Å². The molecule has 0 radical (unpaired) electrons. The van der Waals surface area contributed by atoms with Crippen molar-refractivity contribution in [3.05, 3.63) is 35.7 Å². The summed E-state index contributed by atoms with van der Waals surface area (Å²) in [5.74, 6) is 2.00. The van der Waals surface area contributed by atoms with E-state index >= 15 is 0 Å². The summed E-state index contributed by atoms with van der Waals surface area (Å²) < 4.78 is 11.1. The molecule has 0 bridgehead atoms. The van der Waals surface area contributed by atoms with Gasteiger partial charge in [-0.05, 0) is 37.8 Å². The summed E-state index contributed by atoms with van der Waals surface area (Å²) in [6, 6.07) is 8.06. The Bertz CT molecular complexity index is 717. The smallest absolute Gasteiger partial charge is 0.277 e. The third-order valence-electron chi connectivity index (χ3n) is 4.62. The van der Waals surface area contributed by atoms with Crippen LogP contribution in [0.25, 0.3) is 0 Å². The van der Waals surface area contributed by atoms with Gasteiger partial charge in [0.25, 0.3) is 11.1 Å². The van der Waals surface area contributed by atoms with Crippen molar-refractivity contribution in [2.24, 2.45) is 5.92 Å². The van der Waals surface area contributed by atoms with Crippen LogP contribution in [0.2, 0.25) is 0 Å². The molecule has 140 valence electrons. The number of amides is 1. The molecule has 1 fully saturated rings. The first-order valence-electron chi connectivity index (χ1n) is 9.04. The molecule has 1 aliphatic rings. The molecule has 0 saturated heterocycles. The number of benzene rings is 1. The van der Waals surface area contributed by atoms with E-state index in [-0.39, 0.29) is 24.3 Å². The zero-order chi connectivity index (χ0) is 18.4. The monoisotopic (exact) mass is 375 g/mol. The molecular weight excluding hydrogens is 350 g/mol. The molecule has 1 aromatic carbocycles. The van der Waals surface area contributed by atoms with Crippen molar-refractivity contribution in [3.8, 4) is 5.75 Å². The van der Waals surface area contributed by atoms with Gasteiger partial charge in [0, 0.05) is 6.04 Å². The number of aryl methyl sites for hydroxylation is 1. The first-order chi connectivity index (χ1) is 12.6. The molecule has 1 saturated carbocycles. The SMILES string of the molecule is Cc1ccc(OCc2nnc(SCC(=O)N[C@H]3CCCC[C@H]3C)o2)cc1. The van der Waals surface area contributed by atoms with Gasteiger partial charge in [-0.15, -0.1) is 10.2 Å². The lowest BCUT2D eigenvalue weighted by molar-refractivity contribution is -0.119. The van der Waals surface area contributed by atoms with Crippen LogP contribution in [0, 0.1) is 12.8 Å². The predicted octanol–water partition coefficient (Wildman–Crippen LogP) is 3.74. The van der Waals surface area contributed by atoms with E-state index in [0.717, 1.165) is 12.2 Å². The maximum atomic E-state index is 12.1. The van der Waals surface area contributed by atoms with Crippen LogP contribution in [-0.4, -0.2) is 27.9 Å². The highest BCUT2D eigenvalue weighted by molar-refractivity contribution is 7.99. The van der Waals surface area contributed by atoms with Crippen molar-refractivity contribution in [3.63, 3.8) is 0 Å².